The van der Waals surface area contributed by atoms with Crippen LogP contribution in [0.1, 0.15) is 36.5 Å². The molecule has 0 aliphatic carbocycles. The molecule has 0 saturated heterocycles. The summed E-state index contributed by atoms with van der Waals surface area (Å²) >= 11 is 0. The minimum atomic E-state index is 0.265. The maximum absolute atomic E-state index is 9.61. The van der Waals surface area contributed by atoms with E-state index in [-0.39, 0.29) is 5.75 Å². The molecule has 0 amide bonds. The molecule has 0 atom stereocenters. The van der Waals surface area contributed by atoms with E-state index in [0.717, 1.165) is 5.56 Å². The Bertz CT molecular complexity index is 556. The highest BCUT2D eigenvalue weighted by Crippen LogP contribution is 2.16. The molecule has 0 bridgehead atoms. The van der Waals surface area contributed by atoms with Gasteiger partial charge < -0.3 is 5.11 Å². The van der Waals surface area contributed by atoms with Gasteiger partial charge in [-0.3, -0.25) is 4.99 Å². The van der Waals surface area contributed by atoms with Gasteiger partial charge in [0.05, 0.1) is 6.54 Å². The predicted octanol–water partition coefficient (Wildman–Crippen LogP) is 4.13. The number of para-hydroxylation sites is 1. The minimum Gasteiger partial charge on any atom is -0.507 e. The summed E-state index contributed by atoms with van der Waals surface area (Å²) in [4.78, 5) is 4.36. The molecule has 0 aromatic heterocycles. The van der Waals surface area contributed by atoms with Gasteiger partial charge in [-0.1, -0.05) is 50.2 Å². The molecule has 2 aromatic carbocycles. The number of aliphatic imine (C=N–C) groups is 1. The van der Waals surface area contributed by atoms with Crippen LogP contribution < -0.4 is 0 Å². The zero-order valence-electron chi connectivity index (χ0n) is 11.4. The molecule has 19 heavy (non-hydrogen) atoms. The van der Waals surface area contributed by atoms with Crippen LogP contribution in [-0.4, -0.2) is 11.3 Å². The van der Waals surface area contributed by atoms with Crippen molar-refractivity contribution in [2.45, 2.75) is 26.3 Å². The first-order valence-electron chi connectivity index (χ1n) is 6.53. The first-order chi connectivity index (χ1) is 9.16. The second-order valence-corrected chi connectivity index (χ2v) is 4.92. The van der Waals surface area contributed by atoms with E-state index >= 15 is 0 Å². The summed E-state index contributed by atoms with van der Waals surface area (Å²) in [6, 6.07) is 15.7. The van der Waals surface area contributed by atoms with Crippen LogP contribution in [0.5, 0.6) is 5.75 Å². The second-order valence-electron chi connectivity index (χ2n) is 4.92. The number of benzene rings is 2. The second kappa shape index (κ2) is 6.19. The molecule has 0 aliphatic rings. The number of hydrogen-bond donors (Lipinski definition) is 1. The van der Waals surface area contributed by atoms with E-state index in [4.69, 9.17) is 0 Å². The van der Waals surface area contributed by atoms with Crippen LogP contribution >= 0.6 is 0 Å². The zero-order valence-corrected chi connectivity index (χ0v) is 11.4. The molecule has 0 radical (unpaired) electrons. The summed E-state index contributed by atoms with van der Waals surface area (Å²) in [7, 11) is 0. The van der Waals surface area contributed by atoms with Crippen LogP contribution in [0.4, 0.5) is 0 Å². The van der Waals surface area contributed by atoms with Crippen LogP contribution in [-0.2, 0) is 6.54 Å². The third-order valence-corrected chi connectivity index (χ3v) is 3.09. The predicted molar refractivity (Wildman–Crippen MR) is 79.9 cm³/mol. The third-order valence-electron chi connectivity index (χ3n) is 3.09. The average Bonchev–Trinajstić information content (AvgIpc) is 2.41. The largest absolute Gasteiger partial charge is 0.507 e. The fraction of sp³-hybridized carbons (Fsp3) is 0.235. The molecule has 2 aromatic rings. The molecule has 0 spiro atoms. The van der Waals surface area contributed by atoms with Gasteiger partial charge in [-0.05, 0) is 29.2 Å². The molecule has 2 heteroatoms. The molecular weight excluding hydrogens is 234 g/mol. The normalized spacial score (nSPS) is 11.3. The Labute approximate surface area is 114 Å². The van der Waals surface area contributed by atoms with Crippen LogP contribution in [0.2, 0.25) is 0 Å². The summed E-state index contributed by atoms with van der Waals surface area (Å²) in [5.41, 5.74) is 3.27. The van der Waals surface area contributed by atoms with Gasteiger partial charge in [0.2, 0.25) is 0 Å². The molecule has 0 saturated carbocycles. The molecule has 2 rings (SSSR count). The molecule has 1 N–H and O–H groups in total. The summed E-state index contributed by atoms with van der Waals surface area (Å²) in [5.74, 6) is 0.820. The Hall–Kier alpha value is -2.09. The van der Waals surface area contributed by atoms with Crippen molar-refractivity contribution in [3.63, 3.8) is 0 Å². The average molecular weight is 253 g/mol. The van der Waals surface area contributed by atoms with Crippen LogP contribution in [0.3, 0.4) is 0 Å². The lowest BCUT2D eigenvalue weighted by molar-refractivity contribution is 0.474. The lowest BCUT2D eigenvalue weighted by atomic mass is 10.0. The Morgan fingerprint density at radius 1 is 1.05 bits per heavy atom. The van der Waals surface area contributed by atoms with Crippen molar-refractivity contribution in [1.82, 2.24) is 0 Å². The maximum Gasteiger partial charge on any atom is 0.124 e. The fourth-order valence-electron chi connectivity index (χ4n) is 1.85. The van der Waals surface area contributed by atoms with Crippen molar-refractivity contribution >= 4 is 6.21 Å². The van der Waals surface area contributed by atoms with Crippen molar-refractivity contribution in [3.8, 4) is 5.75 Å². The van der Waals surface area contributed by atoms with E-state index in [1.165, 1.54) is 11.1 Å². The van der Waals surface area contributed by atoms with Crippen LogP contribution in [0, 0.1) is 0 Å². The minimum absolute atomic E-state index is 0.265. The lowest BCUT2D eigenvalue weighted by Crippen LogP contribution is -1.89. The summed E-state index contributed by atoms with van der Waals surface area (Å²) in [6.45, 7) is 5.00. The van der Waals surface area contributed by atoms with Gasteiger partial charge in [-0.25, -0.2) is 0 Å². The molecule has 0 aliphatic heterocycles. The van der Waals surface area contributed by atoms with Crippen LogP contribution in [0.15, 0.2) is 53.5 Å². The van der Waals surface area contributed by atoms with Gasteiger partial charge >= 0.3 is 0 Å². The van der Waals surface area contributed by atoms with Gasteiger partial charge in [-0.15, -0.1) is 0 Å². The molecule has 2 nitrogen and oxygen atoms in total. The Morgan fingerprint density at radius 2 is 1.74 bits per heavy atom. The highest BCUT2D eigenvalue weighted by molar-refractivity contribution is 5.83. The third kappa shape index (κ3) is 3.68. The number of nitrogens with zero attached hydrogens (tertiary/aromatic N) is 1. The molecule has 0 fully saturated rings. The topological polar surface area (TPSA) is 32.6 Å². The van der Waals surface area contributed by atoms with Gasteiger partial charge in [-0.2, -0.15) is 0 Å². The summed E-state index contributed by atoms with van der Waals surface area (Å²) < 4.78 is 0. The smallest absolute Gasteiger partial charge is 0.124 e. The SMILES string of the molecule is CC(C)c1ccc(CN=Cc2ccccc2O)cc1. The Balaban J connectivity index is 2.01. The van der Waals surface area contributed by atoms with E-state index in [0.29, 0.717) is 12.5 Å². The van der Waals surface area contributed by atoms with Crippen molar-refractivity contribution in [1.29, 1.82) is 0 Å². The van der Waals surface area contributed by atoms with E-state index in [9.17, 15) is 5.11 Å². The Kier molecular flexibility index (Phi) is 4.35. The number of phenolic OH excluding ortho intramolecular Hbond substituents is 1. The van der Waals surface area contributed by atoms with Crippen LogP contribution in [0.25, 0.3) is 0 Å². The highest BCUT2D eigenvalue weighted by Gasteiger charge is 1.98. The van der Waals surface area contributed by atoms with Gasteiger partial charge in [0.15, 0.2) is 0 Å². The highest BCUT2D eigenvalue weighted by atomic mass is 16.3. The molecule has 0 heterocycles. The van der Waals surface area contributed by atoms with Gasteiger partial charge in [0.1, 0.15) is 5.75 Å². The standard InChI is InChI=1S/C17H19NO/c1-13(2)15-9-7-14(8-10-15)11-18-12-16-5-3-4-6-17(16)19/h3-10,12-13,19H,11H2,1-2H3. The molecule has 0 unspecified atom stereocenters. The number of rotatable bonds is 4. The van der Waals surface area contributed by atoms with Crippen molar-refractivity contribution < 1.29 is 5.11 Å². The first kappa shape index (κ1) is 13.3. The molecule has 98 valence electrons. The summed E-state index contributed by atoms with van der Waals surface area (Å²) in [5, 5.41) is 9.61. The van der Waals surface area contributed by atoms with E-state index in [1.54, 1.807) is 18.3 Å². The maximum atomic E-state index is 9.61. The van der Waals surface area contributed by atoms with Gasteiger partial charge in [0.25, 0.3) is 0 Å². The van der Waals surface area contributed by atoms with E-state index in [1.807, 2.05) is 12.1 Å². The van der Waals surface area contributed by atoms with E-state index < -0.39 is 0 Å². The van der Waals surface area contributed by atoms with E-state index in [2.05, 4.69) is 43.1 Å². The monoisotopic (exact) mass is 253 g/mol. The van der Waals surface area contributed by atoms with Crippen molar-refractivity contribution in [3.05, 3.63) is 65.2 Å². The lowest BCUT2D eigenvalue weighted by Gasteiger charge is -2.05. The number of phenols is 1. The number of aromatic hydroxyl groups is 1. The number of hydrogen-bond acceptors (Lipinski definition) is 2. The zero-order chi connectivity index (χ0) is 13.7. The quantitative estimate of drug-likeness (QED) is 0.816. The van der Waals surface area contributed by atoms with Gasteiger partial charge in [0, 0.05) is 11.8 Å². The fourth-order valence-corrected chi connectivity index (χ4v) is 1.85. The molecular formula is C17H19NO. The summed E-state index contributed by atoms with van der Waals surface area (Å²) in [6.07, 6.45) is 1.71. The van der Waals surface area contributed by atoms with Crippen molar-refractivity contribution in [2.24, 2.45) is 4.99 Å². The van der Waals surface area contributed by atoms with Crippen molar-refractivity contribution in [2.75, 3.05) is 0 Å². The Morgan fingerprint density at radius 3 is 2.37 bits per heavy atom. The first-order valence-corrected chi connectivity index (χ1v) is 6.53.